The quantitative estimate of drug-likeness (QED) is 0.0161. The molecule has 0 spiro atoms. The molecule has 0 fully saturated rings. The maximum absolute atomic E-state index is 13.3. The van der Waals surface area contributed by atoms with Gasteiger partial charge < -0.3 is 150 Å². The first kappa shape index (κ1) is 116. The van der Waals surface area contributed by atoms with Crippen LogP contribution in [0, 0.1) is 0 Å². The molecule has 31 amide bonds. The molecule has 5 rings (SSSR count). The van der Waals surface area contributed by atoms with Crippen LogP contribution in [0.1, 0.15) is 0 Å². The number of aromatic amines is 5. The summed E-state index contributed by atoms with van der Waals surface area (Å²) in [5, 5.41) is 103. The molecular formula is C66H127N49O20. The maximum atomic E-state index is 13.3. The lowest BCUT2D eigenvalue weighted by atomic mass is 10.4. The fraction of sp³-hybridized carbons (Fsp3) is 0.606. The van der Waals surface area contributed by atoms with Crippen molar-refractivity contribution in [3.05, 3.63) is 25.3 Å². The van der Waals surface area contributed by atoms with Gasteiger partial charge in [0.25, 0.3) is 5.95 Å². The third-order valence-electron chi connectivity index (χ3n) is 16.6. The summed E-state index contributed by atoms with van der Waals surface area (Å²) < 4.78 is 14.7. The number of nitrogens with one attached hydrogen (secondary N) is 31. The van der Waals surface area contributed by atoms with Crippen LogP contribution in [-0.2, 0) is 14.2 Å². The predicted molar refractivity (Wildman–Crippen MR) is 479 cm³/mol. The summed E-state index contributed by atoms with van der Waals surface area (Å²) in [7, 11) is 17.9. The lowest BCUT2D eigenvalue weighted by molar-refractivity contribution is 0.0911. The van der Waals surface area contributed by atoms with Crippen molar-refractivity contribution in [1.82, 2.24) is 227 Å². The first-order valence-corrected chi connectivity index (χ1v) is 41.0. The molecule has 0 aliphatic rings. The lowest BCUT2D eigenvalue weighted by Crippen LogP contribution is -2.50. The van der Waals surface area contributed by atoms with Gasteiger partial charge in [-0.2, -0.15) is 45.5 Å². The third-order valence-corrected chi connectivity index (χ3v) is 16.6. The summed E-state index contributed by atoms with van der Waals surface area (Å²) in [6, 6.07) is -5.67. The molecule has 5 heterocycles. The van der Waals surface area contributed by atoms with Crippen molar-refractivity contribution in [3.8, 4) is 0 Å². The van der Waals surface area contributed by atoms with Crippen LogP contribution in [0.3, 0.4) is 0 Å². The van der Waals surface area contributed by atoms with Crippen LogP contribution in [0.2, 0.25) is 0 Å². The maximum Gasteiger partial charge on any atom is 0.406 e. The van der Waals surface area contributed by atoms with E-state index < -0.39 is 60.5 Å². The molecule has 31 N–H and O–H groups in total. The zero-order chi connectivity index (χ0) is 100. The minimum atomic E-state index is -0.607. The Balaban J connectivity index is 0.000000881. The van der Waals surface area contributed by atoms with Crippen LogP contribution < -0.4 is 138 Å². The average molecular weight is 1930 g/mol. The van der Waals surface area contributed by atoms with Gasteiger partial charge in [0.2, 0.25) is 23.8 Å². The number of H-pyrrole nitrogens is 5. The number of urea groups is 14. The number of carbonyl (C=O) groups excluding carboxylic acids is 17. The number of amides is 31. The monoisotopic (exact) mass is 1930 g/mol. The molecule has 0 aliphatic carbocycles. The van der Waals surface area contributed by atoms with E-state index in [2.05, 4.69) is 220 Å². The topological polar surface area (TPSA) is 874 Å². The van der Waals surface area contributed by atoms with Crippen LogP contribution in [0.4, 0.5) is 111 Å². The second-order valence-electron chi connectivity index (χ2n) is 25.6. The zero-order valence-corrected chi connectivity index (χ0v) is 76.8. The van der Waals surface area contributed by atoms with Gasteiger partial charge in [0.15, 0.2) is 0 Å². The van der Waals surface area contributed by atoms with Gasteiger partial charge in [0.05, 0.1) is 0 Å². The third kappa shape index (κ3) is 57.6. The summed E-state index contributed by atoms with van der Waals surface area (Å²) in [4.78, 5) is 224. The summed E-state index contributed by atoms with van der Waals surface area (Å²) in [5.74, 6) is 0.511. The van der Waals surface area contributed by atoms with Crippen molar-refractivity contribution in [1.29, 1.82) is 0 Å². The summed E-state index contributed by atoms with van der Waals surface area (Å²) in [6.07, 6.45) is 3.34. The van der Waals surface area contributed by atoms with Crippen molar-refractivity contribution in [3.63, 3.8) is 0 Å². The highest BCUT2D eigenvalue weighted by Crippen LogP contribution is 2.07. The number of nitrogens with zero attached hydrogens (tertiary/aromatic N) is 18. The van der Waals surface area contributed by atoms with Crippen LogP contribution in [0.15, 0.2) is 25.3 Å². The Labute approximate surface area is 772 Å². The SMILES string of the molecule is CNC(=O)NCCN(CCN(CCN(CCNC(=O)NC)C(=O)Nc1ncn[nH]1)C(=O)Nc1ncn[nH]1)C(=O)Nc1ncn[nH]1.CNC(=O)NCCN(CCNC(=O)NC)C(=O)Nc1ncn[nH]1.CNC(=O)NCCN(CCNC(=O)NC)C(=O)Nc1nn[nH]n1.CNC(=O)NCCN(CCNC(=O)NC)CCNC(=O)NC.CNC(=O)OCCN(CCOC(=O)NC)CCOC(=O)NC. The highest BCUT2D eigenvalue weighted by Gasteiger charge is 2.25. The van der Waals surface area contributed by atoms with E-state index in [-0.39, 0.29) is 196 Å². The molecule has 69 heteroatoms. The number of anilines is 5. The second-order valence-corrected chi connectivity index (χ2v) is 25.6. The highest BCUT2D eigenvalue weighted by molar-refractivity contribution is 5.91. The predicted octanol–water partition coefficient (Wildman–Crippen LogP) is -8.38. The molecule has 0 bridgehead atoms. The zero-order valence-electron chi connectivity index (χ0n) is 76.8. The number of hydrogen-bond donors (Lipinski definition) is 31. The summed E-state index contributed by atoms with van der Waals surface area (Å²) in [5.41, 5.74) is 0. The largest absolute Gasteiger partial charge is 0.448 e. The Kier molecular flexibility index (Phi) is 62.8. The van der Waals surface area contributed by atoms with E-state index in [1.54, 1.807) is 21.1 Å². The van der Waals surface area contributed by atoms with E-state index in [1.807, 2.05) is 9.80 Å². The van der Waals surface area contributed by atoms with Gasteiger partial charge in [-0.15, -0.1) is 5.10 Å². The molecule has 0 unspecified atom stereocenters. The van der Waals surface area contributed by atoms with E-state index >= 15 is 0 Å². The van der Waals surface area contributed by atoms with Crippen molar-refractivity contribution in [2.24, 2.45) is 0 Å². The molecule has 0 radical (unpaired) electrons. The Morgan fingerprint density at radius 2 is 0.459 bits per heavy atom. The van der Waals surface area contributed by atoms with Crippen molar-refractivity contribution in [2.45, 2.75) is 0 Å². The highest BCUT2D eigenvalue weighted by atomic mass is 16.6. The van der Waals surface area contributed by atoms with Crippen LogP contribution >= 0.6 is 0 Å². The van der Waals surface area contributed by atoms with Gasteiger partial charge in [-0.3, -0.25) is 36.4 Å². The molecule has 0 saturated carbocycles. The van der Waals surface area contributed by atoms with Crippen molar-refractivity contribution < 1.29 is 95.7 Å². The summed E-state index contributed by atoms with van der Waals surface area (Å²) in [6.45, 7) is 7.25. The molecule has 69 nitrogen and oxygen atoms in total. The molecule has 0 saturated heterocycles. The molecule has 5 aromatic heterocycles. The van der Waals surface area contributed by atoms with Crippen molar-refractivity contribution in [2.75, 3.05) is 295 Å². The van der Waals surface area contributed by atoms with Gasteiger partial charge in [0, 0.05) is 248 Å². The number of rotatable bonds is 47. The fourth-order valence-corrected chi connectivity index (χ4v) is 9.53. The molecule has 0 aromatic carbocycles. The lowest BCUT2D eigenvalue weighted by Gasteiger charge is -2.30. The molecular weight excluding hydrogens is 1800 g/mol. The standard InChI is InChI=1S/C21H35N19O5.C12H27N7O3.C12H24N4O6.C11H21N9O3.C10H20N10O3/c1-22-17(41)24-3-5-38(19(43)32-14-26-11-29-35-14)7-9-40(21(45)34-16-28-13-31-37-16)10-8-39(6-4-25-18(42)23-2)20(44)33-15-27-12-30-36-15;1-13-10(20)16-4-7-19(8-5-17-11(21)14-2)9-6-18-12(22)15-3;1-13-10(17)20-7-4-16(5-8-21-11(18)14-2)6-9-22-12(19)15-3;1-12-9(21)14-3-5-20(6-4-15-10(22)13-2)11(23)18-8-16-7-17-19-8;1-11-8(21)13-3-5-20(6-4-14-9(22)12-2)10(23)15-7-16-18-19-17-7/h11-13H,3-10H2,1-2H3,(H2,22,24,41)(H2,23,25,42)(H2,26,29,32,35,43)(H2,27,30,33,36,44)(H2,28,31,34,37,45);4-9H2,1-3H3,(H2,13,16,20)(H2,14,17,21)(H2,15,18,22);4-9H2,1-3H3,(H,13,17)(H,14,18)(H,15,19);7H,3-6H2,1-2H3,(H2,12,14,21)(H2,13,15,22)(H2,16,17,18,19,23);3-6H2,1-2H3,(H2,11,13,21)(H2,12,14,22)(H2,15,16,17,18,19,23). The van der Waals surface area contributed by atoms with E-state index in [0.717, 1.165) is 0 Å². The van der Waals surface area contributed by atoms with Gasteiger partial charge in [-0.1, -0.05) is 5.10 Å². The minimum Gasteiger partial charge on any atom is -0.448 e. The first-order chi connectivity index (χ1) is 65.0. The van der Waals surface area contributed by atoms with Gasteiger partial charge in [-0.25, -0.2) is 102 Å². The number of hydrogen-bond acceptors (Lipinski definition) is 33. The second kappa shape index (κ2) is 73.0. The normalized spacial score (nSPS) is 9.91. The molecule has 135 heavy (non-hydrogen) atoms. The van der Waals surface area contributed by atoms with E-state index in [0.29, 0.717) is 58.9 Å². The van der Waals surface area contributed by atoms with Crippen LogP contribution in [0.5, 0.6) is 0 Å². The molecule has 0 aliphatic heterocycles. The smallest absolute Gasteiger partial charge is 0.406 e. The summed E-state index contributed by atoms with van der Waals surface area (Å²) >= 11 is 0. The number of tetrazole rings is 1. The van der Waals surface area contributed by atoms with Crippen molar-refractivity contribution >= 4 is 132 Å². The average Bonchev–Trinajstić information content (AvgIpc) is 1.77. The number of carbonyl (C=O) groups is 17. The van der Waals surface area contributed by atoms with E-state index in [1.165, 1.54) is 113 Å². The first-order valence-electron chi connectivity index (χ1n) is 41.0. The Morgan fingerprint density at radius 3 is 0.652 bits per heavy atom. The van der Waals surface area contributed by atoms with E-state index in [4.69, 9.17) is 14.2 Å². The van der Waals surface area contributed by atoms with Gasteiger partial charge in [-0.05, 0) is 5.21 Å². The molecule has 5 aromatic rings. The molecule has 0 atom stereocenters. The Bertz CT molecular complexity index is 3800. The minimum absolute atomic E-state index is 0.00169. The number of alkyl carbamates (subject to hydrolysis) is 3. The number of aromatic nitrogens is 16. The van der Waals surface area contributed by atoms with E-state index in [9.17, 15) is 81.5 Å². The van der Waals surface area contributed by atoms with Crippen LogP contribution in [0.25, 0.3) is 0 Å². The molecule has 756 valence electrons. The fourth-order valence-electron chi connectivity index (χ4n) is 9.53. The Morgan fingerprint density at radius 1 is 0.259 bits per heavy atom. The van der Waals surface area contributed by atoms with Gasteiger partial charge >= 0.3 is 103 Å². The van der Waals surface area contributed by atoms with Crippen LogP contribution in [-0.4, -0.2) is 486 Å². The van der Waals surface area contributed by atoms with Gasteiger partial charge in [0.1, 0.15) is 45.1 Å². The Hall–Kier alpha value is -16.9. The number of ether oxygens (including phenoxy) is 3.